The number of aromatic nitrogens is 2. The maximum Gasteiger partial charge on any atom is 0.435 e. The van der Waals surface area contributed by atoms with Crippen molar-refractivity contribution in [3.63, 3.8) is 0 Å². The average molecular weight is 258 g/mol. The first-order valence-electron chi connectivity index (χ1n) is 5.90. The van der Waals surface area contributed by atoms with Crippen molar-refractivity contribution in [2.45, 2.75) is 6.18 Å². The summed E-state index contributed by atoms with van der Waals surface area (Å²) in [5.74, 6) is 1.69. The molecule has 98 valence electrons. The van der Waals surface area contributed by atoms with Gasteiger partial charge >= 0.3 is 6.18 Å². The molecule has 3 heterocycles. The van der Waals surface area contributed by atoms with Crippen LogP contribution in [0.4, 0.5) is 19.0 Å². The van der Waals surface area contributed by atoms with Gasteiger partial charge in [0, 0.05) is 26.2 Å². The molecule has 2 fully saturated rings. The zero-order valence-electron chi connectivity index (χ0n) is 9.61. The number of halogens is 3. The highest BCUT2D eigenvalue weighted by atomic mass is 19.4. The highest BCUT2D eigenvalue weighted by Gasteiger charge is 2.37. The van der Waals surface area contributed by atoms with Gasteiger partial charge in [-0.05, 0) is 24.0 Å². The van der Waals surface area contributed by atoms with Crippen LogP contribution in [0.2, 0.25) is 0 Å². The number of hydrogen-bond donors (Lipinski definition) is 1. The molecule has 1 N–H and O–H groups in total. The van der Waals surface area contributed by atoms with E-state index in [-0.39, 0.29) is 0 Å². The van der Waals surface area contributed by atoms with Crippen molar-refractivity contribution < 1.29 is 13.2 Å². The summed E-state index contributed by atoms with van der Waals surface area (Å²) in [7, 11) is 0. The van der Waals surface area contributed by atoms with E-state index in [0.717, 1.165) is 32.2 Å². The molecule has 4 nitrogen and oxygen atoms in total. The Labute approximate surface area is 102 Å². The van der Waals surface area contributed by atoms with Gasteiger partial charge in [-0.3, -0.25) is 0 Å². The van der Waals surface area contributed by atoms with E-state index in [0.29, 0.717) is 17.7 Å². The molecule has 1 aromatic heterocycles. The van der Waals surface area contributed by atoms with Crippen molar-refractivity contribution in [2.75, 3.05) is 31.1 Å². The van der Waals surface area contributed by atoms with Crippen LogP contribution >= 0.6 is 0 Å². The lowest BCUT2D eigenvalue weighted by Gasteiger charge is -2.18. The Balaban J connectivity index is 1.74. The topological polar surface area (TPSA) is 41.0 Å². The van der Waals surface area contributed by atoms with Crippen LogP contribution in [-0.2, 0) is 6.18 Å². The maximum absolute atomic E-state index is 12.4. The number of alkyl halides is 3. The van der Waals surface area contributed by atoms with E-state index in [1.165, 1.54) is 6.07 Å². The van der Waals surface area contributed by atoms with Crippen LogP contribution in [-0.4, -0.2) is 36.4 Å². The van der Waals surface area contributed by atoms with E-state index in [1.807, 2.05) is 4.90 Å². The van der Waals surface area contributed by atoms with Crippen LogP contribution in [0, 0.1) is 11.8 Å². The van der Waals surface area contributed by atoms with Crippen LogP contribution in [0.5, 0.6) is 0 Å². The second-order valence-electron chi connectivity index (χ2n) is 4.86. The second-order valence-corrected chi connectivity index (χ2v) is 4.86. The van der Waals surface area contributed by atoms with Crippen molar-refractivity contribution in [1.29, 1.82) is 0 Å². The Bertz CT molecular complexity index is 419. The summed E-state index contributed by atoms with van der Waals surface area (Å²) in [6, 6.07) is 2.40. The Morgan fingerprint density at radius 2 is 1.78 bits per heavy atom. The summed E-state index contributed by atoms with van der Waals surface area (Å²) >= 11 is 0. The molecule has 2 aliphatic rings. The van der Waals surface area contributed by atoms with E-state index in [9.17, 15) is 13.2 Å². The minimum Gasteiger partial charge on any atom is -0.354 e. The molecule has 0 amide bonds. The molecule has 2 atom stereocenters. The van der Waals surface area contributed by atoms with E-state index in [1.54, 1.807) is 0 Å². The maximum atomic E-state index is 12.4. The summed E-state index contributed by atoms with van der Waals surface area (Å²) in [6.45, 7) is 3.65. The molecule has 7 heteroatoms. The molecule has 2 saturated heterocycles. The molecular formula is C11H13F3N4. The fourth-order valence-corrected chi connectivity index (χ4v) is 2.69. The zero-order chi connectivity index (χ0) is 12.8. The van der Waals surface area contributed by atoms with E-state index in [4.69, 9.17) is 0 Å². The summed E-state index contributed by atoms with van der Waals surface area (Å²) in [4.78, 5) is 2.02. The lowest BCUT2D eigenvalue weighted by molar-refractivity contribution is -0.141. The molecule has 0 aliphatic carbocycles. The molecular weight excluding hydrogens is 245 g/mol. The van der Waals surface area contributed by atoms with Gasteiger partial charge in [-0.2, -0.15) is 13.2 Å². The largest absolute Gasteiger partial charge is 0.435 e. The molecule has 1 aromatic rings. The number of rotatable bonds is 1. The molecule has 18 heavy (non-hydrogen) atoms. The third-order valence-electron chi connectivity index (χ3n) is 3.65. The quantitative estimate of drug-likeness (QED) is 0.820. The summed E-state index contributed by atoms with van der Waals surface area (Å²) in [5, 5.41) is 10.3. The van der Waals surface area contributed by atoms with Gasteiger partial charge in [0.25, 0.3) is 0 Å². The molecule has 2 aliphatic heterocycles. The van der Waals surface area contributed by atoms with E-state index < -0.39 is 11.9 Å². The second kappa shape index (κ2) is 4.08. The lowest BCUT2D eigenvalue weighted by Crippen LogP contribution is -2.26. The first-order chi connectivity index (χ1) is 8.54. The van der Waals surface area contributed by atoms with Crippen molar-refractivity contribution in [2.24, 2.45) is 11.8 Å². The molecule has 0 radical (unpaired) electrons. The number of fused-ring (bicyclic) bond motifs is 1. The highest BCUT2D eigenvalue weighted by molar-refractivity contribution is 5.39. The van der Waals surface area contributed by atoms with Gasteiger partial charge in [0.1, 0.15) is 0 Å². The average Bonchev–Trinajstić information content (AvgIpc) is 2.88. The Kier molecular flexibility index (Phi) is 2.65. The van der Waals surface area contributed by atoms with Crippen LogP contribution < -0.4 is 10.2 Å². The normalized spacial score (nSPS) is 27.6. The van der Waals surface area contributed by atoms with E-state index >= 15 is 0 Å². The minimum absolute atomic E-state index is 0.539. The highest BCUT2D eigenvalue weighted by Crippen LogP contribution is 2.31. The summed E-state index contributed by atoms with van der Waals surface area (Å²) in [5.41, 5.74) is -0.938. The smallest absolute Gasteiger partial charge is 0.354 e. The number of nitrogens with one attached hydrogen (secondary N) is 1. The molecule has 0 bridgehead atoms. The fraction of sp³-hybridized carbons (Fsp3) is 0.636. The van der Waals surface area contributed by atoms with Gasteiger partial charge in [-0.1, -0.05) is 0 Å². The fourth-order valence-electron chi connectivity index (χ4n) is 2.69. The summed E-state index contributed by atoms with van der Waals surface area (Å²) in [6.07, 6.45) is -4.42. The Morgan fingerprint density at radius 1 is 1.11 bits per heavy atom. The number of nitrogens with zero attached hydrogens (tertiary/aromatic N) is 3. The van der Waals surface area contributed by atoms with Crippen LogP contribution in [0.3, 0.4) is 0 Å². The van der Waals surface area contributed by atoms with Gasteiger partial charge in [-0.25, -0.2) is 0 Å². The monoisotopic (exact) mass is 258 g/mol. The predicted molar refractivity (Wildman–Crippen MR) is 59.1 cm³/mol. The summed E-state index contributed by atoms with van der Waals surface area (Å²) < 4.78 is 37.1. The third kappa shape index (κ3) is 2.03. The lowest BCUT2D eigenvalue weighted by atomic mass is 10.0. The molecule has 0 spiro atoms. The van der Waals surface area contributed by atoms with Gasteiger partial charge < -0.3 is 10.2 Å². The number of hydrogen-bond acceptors (Lipinski definition) is 4. The Hall–Kier alpha value is -1.37. The third-order valence-corrected chi connectivity index (χ3v) is 3.65. The van der Waals surface area contributed by atoms with Gasteiger partial charge in [0.15, 0.2) is 11.5 Å². The van der Waals surface area contributed by atoms with Crippen molar-refractivity contribution >= 4 is 5.82 Å². The van der Waals surface area contributed by atoms with Crippen molar-refractivity contribution in [3.8, 4) is 0 Å². The first kappa shape index (κ1) is 11.7. The first-order valence-corrected chi connectivity index (χ1v) is 5.90. The Morgan fingerprint density at radius 3 is 2.28 bits per heavy atom. The van der Waals surface area contributed by atoms with Crippen LogP contribution in [0.15, 0.2) is 12.1 Å². The molecule has 0 saturated carbocycles. The van der Waals surface area contributed by atoms with Gasteiger partial charge in [0.05, 0.1) is 0 Å². The molecule has 0 unspecified atom stereocenters. The number of anilines is 1. The molecule has 3 rings (SSSR count). The van der Waals surface area contributed by atoms with Crippen LogP contribution in [0.1, 0.15) is 5.69 Å². The molecule has 0 aromatic carbocycles. The predicted octanol–water partition coefficient (Wildman–Crippen LogP) is 1.15. The van der Waals surface area contributed by atoms with Gasteiger partial charge in [0.2, 0.25) is 0 Å². The zero-order valence-corrected chi connectivity index (χ0v) is 9.61. The SMILES string of the molecule is FC(F)(F)c1ccc(N2C[C@H]3CNC[C@H]3C2)nn1. The van der Waals surface area contributed by atoms with Crippen LogP contribution in [0.25, 0.3) is 0 Å². The standard InChI is InChI=1S/C11H13F3N4/c12-11(13,14)9-1-2-10(17-16-9)18-5-7-3-15-4-8(7)6-18/h1-2,7-8,15H,3-6H2/t7-,8+. The van der Waals surface area contributed by atoms with Crippen molar-refractivity contribution in [1.82, 2.24) is 15.5 Å². The minimum atomic E-state index is -4.42. The van der Waals surface area contributed by atoms with Crippen molar-refractivity contribution in [3.05, 3.63) is 17.8 Å². The van der Waals surface area contributed by atoms with E-state index in [2.05, 4.69) is 15.5 Å². The van der Waals surface area contributed by atoms with Gasteiger partial charge in [-0.15, -0.1) is 10.2 Å².